The number of rotatable bonds is 8. The van der Waals surface area contributed by atoms with Crippen molar-refractivity contribution in [3.8, 4) is 0 Å². The minimum atomic E-state index is -1.12. The van der Waals surface area contributed by atoms with Gasteiger partial charge in [0.15, 0.2) is 0 Å². The Hall–Kier alpha value is -1.43. The predicted octanol–water partition coefficient (Wildman–Crippen LogP) is 1.93. The van der Waals surface area contributed by atoms with Gasteiger partial charge in [0, 0.05) is 6.61 Å². The number of urea groups is 1. The highest BCUT2D eigenvalue weighted by molar-refractivity contribution is 6.19. The zero-order valence-electron chi connectivity index (χ0n) is 13.4. The molecule has 1 saturated heterocycles. The normalized spacial score (nSPS) is 18.3. The molecule has 1 aliphatic heterocycles. The zero-order chi connectivity index (χ0) is 16.0. The fourth-order valence-corrected chi connectivity index (χ4v) is 2.39. The Morgan fingerprint density at radius 3 is 2.29 bits per heavy atom. The molecule has 1 fully saturated rings. The fourth-order valence-electron chi connectivity index (χ4n) is 2.39. The van der Waals surface area contributed by atoms with E-state index in [4.69, 9.17) is 4.74 Å². The molecule has 0 atom stereocenters. The molecule has 21 heavy (non-hydrogen) atoms. The maximum absolute atomic E-state index is 12.5. The molecule has 6 nitrogen and oxygen atoms in total. The van der Waals surface area contributed by atoms with E-state index >= 15 is 0 Å². The standard InChI is InChI=1S/C15H26N2O4/c1-5-15(6-2)12(18)16-14(20)17(13(15)19)8-10-21-9-7-11(3)4/h11H,5-10H2,1-4H3,(H,16,18,20). The van der Waals surface area contributed by atoms with E-state index in [-0.39, 0.29) is 6.54 Å². The summed E-state index contributed by atoms with van der Waals surface area (Å²) < 4.78 is 5.45. The van der Waals surface area contributed by atoms with Gasteiger partial charge in [-0.05, 0) is 25.2 Å². The average Bonchev–Trinajstić information content (AvgIpc) is 2.42. The van der Waals surface area contributed by atoms with E-state index in [1.807, 2.05) is 0 Å². The SMILES string of the molecule is CCC1(CC)C(=O)NC(=O)N(CCOCCC(C)C)C1=O. The smallest absolute Gasteiger partial charge is 0.330 e. The minimum Gasteiger partial charge on any atom is -0.380 e. The predicted molar refractivity (Wildman–Crippen MR) is 78.5 cm³/mol. The third kappa shape index (κ3) is 3.81. The van der Waals surface area contributed by atoms with Crippen LogP contribution >= 0.6 is 0 Å². The van der Waals surface area contributed by atoms with Crippen molar-refractivity contribution in [2.45, 2.75) is 47.0 Å². The lowest BCUT2D eigenvalue weighted by Crippen LogP contribution is -2.64. The van der Waals surface area contributed by atoms with E-state index in [9.17, 15) is 14.4 Å². The Morgan fingerprint density at radius 1 is 1.14 bits per heavy atom. The summed E-state index contributed by atoms with van der Waals surface area (Å²) >= 11 is 0. The number of nitrogens with zero attached hydrogens (tertiary/aromatic N) is 1. The van der Waals surface area contributed by atoms with Crippen molar-refractivity contribution in [3.05, 3.63) is 0 Å². The van der Waals surface area contributed by atoms with Crippen LogP contribution < -0.4 is 5.32 Å². The molecule has 0 aromatic carbocycles. The maximum Gasteiger partial charge on any atom is 0.330 e. The van der Waals surface area contributed by atoms with Crippen molar-refractivity contribution in [2.75, 3.05) is 19.8 Å². The number of barbiturate groups is 1. The van der Waals surface area contributed by atoms with Gasteiger partial charge >= 0.3 is 6.03 Å². The van der Waals surface area contributed by atoms with Gasteiger partial charge in [-0.15, -0.1) is 0 Å². The Bertz CT molecular complexity index is 402. The van der Waals surface area contributed by atoms with E-state index in [0.717, 1.165) is 11.3 Å². The minimum absolute atomic E-state index is 0.178. The van der Waals surface area contributed by atoms with Gasteiger partial charge in [0.1, 0.15) is 5.41 Å². The molecule has 1 heterocycles. The van der Waals surface area contributed by atoms with Crippen LogP contribution in [0.15, 0.2) is 0 Å². The Balaban J connectivity index is 2.62. The highest BCUT2D eigenvalue weighted by atomic mass is 16.5. The molecule has 0 saturated carbocycles. The zero-order valence-corrected chi connectivity index (χ0v) is 13.4. The second-order valence-electron chi connectivity index (χ2n) is 5.80. The lowest BCUT2D eigenvalue weighted by molar-refractivity contribution is -0.152. The molecule has 0 aliphatic carbocycles. The average molecular weight is 298 g/mol. The largest absolute Gasteiger partial charge is 0.380 e. The number of carbonyl (C=O) groups excluding carboxylic acids is 3. The summed E-state index contributed by atoms with van der Waals surface area (Å²) in [5.41, 5.74) is -1.12. The molecule has 120 valence electrons. The third-order valence-electron chi connectivity index (χ3n) is 4.06. The van der Waals surface area contributed by atoms with Crippen molar-refractivity contribution in [1.29, 1.82) is 0 Å². The van der Waals surface area contributed by atoms with Crippen LogP contribution in [0.25, 0.3) is 0 Å². The first-order chi connectivity index (χ1) is 9.89. The fraction of sp³-hybridized carbons (Fsp3) is 0.800. The highest BCUT2D eigenvalue weighted by Crippen LogP contribution is 2.32. The van der Waals surface area contributed by atoms with Crippen LogP contribution in [0.1, 0.15) is 47.0 Å². The first kappa shape index (κ1) is 17.6. The number of hydrogen-bond acceptors (Lipinski definition) is 4. The second kappa shape index (κ2) is 7.54. The number of nitrogens with one attached hydrogen (secondary N) is 1. The van der Waals surface area contributed by atoms with Crippen LogP contribution in [0.3, 0.4) is 0 Å². The van der Waals surface area contributed by atoms with Gasteiger partial charge in [-0.3, -0.25) is 19.8 Å². The molecule has 1 rings (SSSR count). The van der Waals surface area contributed by atoms with Crippen LogP contribution in [0.4, 0.5) is 4.79 Å². The van der Waals surface area contributed by atoms with Crippen molar-refractivity contribution in [1.82, 2.24) is 10.2 Å². The number of hydrogen-bond donors (Lipinski definition) is 1. The number of imide groups is 2. The van der Waals surface area contributed by atoms with Crippen molar-refractivity contribution in [3.63, 3.8) is 0 Å². The summed E-state index contributed by atoms with van der Waals surface area (Å²) in [7, 11) is 0. The van der Waals surface area contributed by atoms with Crippen LogP contribution in [0.2, 0.25) is 0 Å². The lowest BCUT2D eigenvalue weighted by Gasteiger charge is -2.38. The monoisotopic (exact) mass is 298 g/mol. The molecule has 0 radical (unpaired) electrons. The van der Waals surface area contributed by atoms with Crippen LogP contribution in [0.5, 0.6) is 0 Å². The molecule has 0 bridgehead atoms. The lowest BCUT2D eigenvalue weighted by atomic mass is 9.78. The van der Waals surface area contributed by atoms with Gasteiger partial charge < -0.3 is 4.74 Å². The molecule has 0 aromatic rings. The molecule has 0 aromatic heterocycles. The molecule has 1 N–H and O–H groups in total. The van der Waals surface area contributed by atoms with Gasteiger partial charge in [0.25, 0.3) is 0 Å². The topological polar surface area (TPSA) is 75.7 Å². The Labute approximate surface area is 126 Å². The van der Waals surface area contributed by atoms with E-state index in [1.165, 1.54) is 0 Å². The third-order valence-corrected chi connectivity index (χ3v) is 4.06. The summed E-state index contributed by atoms with van der Waals surface area (Å²) in [4.78, 5) is 37.4. The van der Waals surface area contributed by atoms with Crippen molar-refractivity contribution >= 4 is 17.8 Å². The maximum atomic E-state index is 12.5. The second-order valence-corrected chi connectivity index (χ2v) is 5.80. The molecule has 4 amide bonds. The first-order valence-electron chi connectivity index (χ1n) is 7.64. The molecule has 0 unspecified atom stereocenters. The van der Waals surface area contributed by atoms with Gasteiger partial charge in [0.05, 0.1) is 13.2 Å². The first-order valence-corrected chi connectivity index (χ1v) is 7.64. The van der Waals surface area contributed by atoms with E-state index in [2.05, 4.69) is 19.2 Å². The van der Waals surface area contributed by atoms with Crippen LogP contribution in [0, 0.1) is 11.3 Å². The summed E-state index contributed by atoms with van der Waals surface area (Å²) in [5, 5.41) is 2.28. The van der Waals surface area contributed by atoms with E-state index < -0.39 is 23.3 Å². The summed E-state index contributed by atoms with van der Waals surface area (Å²) in [6.07, 6.45) is 1.70. The number of carbonyl (C=O) groups is 3. The van der Waals surface area contributed by atoms with Gasteiger partial charge in [0.2, 0.25) is 11.8 Å². The number of amides is 4. The summed E-state index contributed by atoms with van der Waals surface area (Å²) in [6, 6.07) is -0.644. The van der Waals surface area contributed by atoms with Gasteiger partial charge in [-0.1, -0.05) is 27.7 Å². The van der Waals surface area contributed by atoms with Gasteiger partial charge in [-0.25, -0.2) is 4.79 Å². The van der Waals surface area contributed by atoms with E-state index in [0.29, 0.717) is 32.0 Å². The Kier molecular flexibility index (Phi) is 6.33. The molecule has 0 spiro atoms. The number of ether oxygens (including phenoxy) is 1. The van der Waals surface area contributed by atoms with Crippen molar-refractivity contribution < 1.29 is 19.1 Å². The van der Waals surface area contributed by atoms with E-state index in [1.54, 1.807) is 13.8 Å². The quantitative estimate of drug-likeness (QED) is 0.549. The molecule has 1 aliphatic rings. The van der Waals surface area contributed by atoms with Crippen molar-refractivity contribution in [2.24, 2.45) is 11.3 Å². The van der Waals surface area contributed by atoms with Gasteiger partial charge in [-0.2, -0.15) is 0 Å². The Morgan fingerprint density at radius 2 is 1.76 bits per heavy atom. The molecular weight excluding hydrogens is 272 g/mol. The molecular formula is C15H26N2O4. The summed E-state index contributed by atoms with van der Waals surface area (Å²) in [6.45, 7) is 8.86. The van der Waals surface area contributed by atoms with Crippen LogP contribution in [-0.2, 0) is 14.3 Å². The highest BCUT2D eigenvalue weighted by Gasteiger charge is 2.51. The summed E-state index contributed by atoms with van der Waals surface area (Å²) in [5.74, 6) is -0.344. The van der Waals surface area contributed by atoms with Crippen LogP contribution in [-0.4, -0.2) is 42.5 Å². The molecule has 6 heteroatoms.